The number of fused-ring (bicyclic) bond motifs is 7. The second-order valence-corrected chi connectivity index (χ2v) is 20.9. The van der Waals surface area contributed by atoms with Gasteiger partial charge in [-0.1, -0.05) is 102 Å². The number of ether oxygens (including phenoxy) is 1. The van der Waals surface area contributed by atoms with Crippen molar-refractivity contribution in [3.63, 3.8) is 0 Å². The molecular formula is C49H53NO4S4. The standard InChI is InChI=1S/C49H53NO4S4/c1-7-9-11-13-14-15-17-28(3)27-50-48(52)39-29(4)18-20-32(40(39)49(50)53)35-22-23-37(57-35)42-44-43(41(45(42)51)36-21-19-30(5)55-36)46-33(25-31(6)56-46)34-26-38(58-47(34)44)54-24-16-12-10-8-2/h18-23,25-26,28H,7-17,24,27H2,1-6H3. The first-order valence-corrected chi connectivity index (χ1v) is 24.5. The van der Waals surface area contributed by atoms with Gasteiger partial charge < -0.3 is 4.74 Å². The van der Waals surface area contributed by atoms with E-state index in [2.05, 4.69) is 58.9 Å². The lowest BCUT2D eigenvalue weighted by Crippen LogP contribution is -2.34. The molecule has 1 aliphatic heterocycles. The van der Waals surface area contributed by atoms with Gasteiger partial charge in [0.05, 0.1) is 17.7 Å². The number of rotatable bonds is 18. The van der Waals surface area contributed by atoms with Crippen molar-refractivity contribution in [1.82, 2.24) is 4.90 Å². The maximum absolute atomic E-state index is 15.1. The zero-order chi connectivity index (χ0) is 40.7. The highest BCUT2D eigenvalue weighted by atomic mass is 32.1. The summed E-state index contributed by atoms with van der Waals surface area (Å²) in [5.41, 5.74) is 4.06. The van der Waals surface area contributed by atoms with Gasteiger partial charge in [0.1, 0.15) is 0 Å². The molecule has 0 saturated carbocycles. The first-order chi connectivity index (χ1) is 28.1. The number of amides is 2. The summed E-state index contributed by atoms with van der Waals surface area (Å²) in [5.74, 6) is -0.136. The Hall–Kier alpha value is -3.89. The Morgan fingerprint density at radius 3 is 1.97 bits per heavy atom. The molecule has 5 nitrogen and oxygen atoms in total. The van der Waals surface area contributed by atoms with Crippen LogP contribution in [0, 0.1) is 26.7 Å². The molecule has 1 aliphatic carbocycles. The van der Waals surface area contributed by atoms with E-state index in [0.29, 0.717) is 29.9 Å². The summed E-state index contributed by atoms with van der Waals surface area (Å²) in [4.78, 5) is 49.9. The number of carbonyl (C=O) groups excluding carboxylic acids is 3. The summed E-state index contributed by atoms with van der Waals surface area (Å²) in [6.07, 6.45) is 12.9. The van der Waals surface area contributed by atoms with E-state index in [9.17, 15) is 9.59 Å². The van der Waals surface area contributed by atoms with Gasteiger partial charge in [0.15, 0.2) is 10.8 Å². The van der Waals surface area contributed by atoms with E-state index in [-0.39, 0.29) is 23.5 Å². The molecule has 8 rings (SSSR count). The van der Waals surface area contributed by atoms with Gasteiger partial charge in [-0.05, 0) is 75.4 Å². The van der Waals surface area contributed by atoms with E-state index in [1.54, 1.807) is 34.0 Å². The highest BCUT2D eigenvalue weighted by Gasteiger charge is 2.40. The number of aryl methyl sites for hydroxylation is 3. The average Bonchev–Trinajstić information content (AvgIpc) is 4.06. The fraction of sp³-hybridized carbons (Fsp3) is 0.408. The van der Waals surface area contributed by atoms with Crippen LogP contribution in [0.5, 0.6) is 5.06 Å². The summed E-state index contributed by atoms with van der Waals surface area (Å²) in [6, 6.07) is 16.7. The van der Waals surface area contributed by atoms with Crippen molar-refractivity contribution < 1.29 is 19.1 Å². The van der Waals surface area contributed by atoms with E-state index >= 15 is 4.79 Å². The number of thiophene rings is 4. The number of imide groups is 1. The Balaban J connectivity index is 1.21. The highest BCUT2D eigenvalue weighted by molar-refractivity contribution is 7.22. The van der Waals surface area contributed by atoms with Crippen molar-refractivity contribution in [2.45, 2.75) is 112 Å². The monoisotopic (exact) mass is 847 g/mol. The van der Waals surface area contributed by atoms with Crippen LogP contribution in [0.3, 0.4) is 0 Å². The van der Waals surface area contributed by atoms with Crippen molar-refractivity contribution >= 4 is 94.3 Å². The second kappa shape index (κ2) is 17.4. The van der Waals surface area contributed by atoms with Gasteiger partial charge in [0, 0.05) is 84.3 Å². The molecule has 9 heteroatoms. The van der Waals surface area contributed by atoms with E-state index in [1.165, 1.54) is 71.4 Å². The molecule has 4 aromatic heterocycles. The first-order valence-electron chi connectivity index (χ1n) is 21.2. The molecule has 6 aromatic rings. The minimum absolute atomic E-state index is 0.0338. The minimum Gasteiger partial charge on any atom is -0.484 e. The summed E-state index contributed by atoms with van der Waals surface area (Å²) in [7, 11) is 0. The predicted octanol–water partition coefficient (Wildman–Crippen LogP) is 12.8. The lowest BCUT2D eigenvalue weighted by atomic mass is 9.97. The lowest BCUT2D eigenvalue weighted by Gasteiger charge is -2.19. The van der Waals surface area contributed by atoms with E-state index in [1.807, 2.05) is 31.2 Å². The largest absolute Gasteiger partial charge is 0.484 e. The van der Waals surface area contributed by atoms with E-state index in [0.717, 1.165) is 92.2 Å². The van der Waals surface area contributed by atoms with Crippen LogP contribution in [-0.4, -0.2) is 35.6 Å². The molecule has 0 spiro atoms. The molecule has 2 aromatic carbocycles. The minimum atomic E-state index is -0.208. The molecule has 0 radical (unpaired) electrons. The summed E-state index contributed by atoms with van der Waals surface area (Å²) in [6.45, 7) is 13.9. The normalized spacial score (nSPS) is 14.5. The molecule has 0 fully saturated rings. The number of hydrogen-bond acceptors (Lipinski definition) is 8. The maximum Gasteiger partial charge on any atom is 0.262 e. The third-order valence-electron chi connectivity index (χ3n) is 11.7. The van der Waals surface area contributed by atoms with Gasteiger partial charge >= 0.3 is 0 Å². The smallest absolute Gasteiger partial charge is 0.262 e. The Morgan fingerprint density at radius 2 is 1.24 bits per heavy atom. The van der Waals surface area contributed by atoms with Crippen LogP contribution in [0.15, 0.2) is 48.5 Å². The quantitative estimate of drug-likeness (QED) is 0.0638. The molecule has 302 valence electrons. The van der Waals surface area contributed by atoms with Crippen LogP contribution in [0.1, 0.15) is 137 Å². The van der Waals surface area contributed by atoms with E-state index in [4.69, 9.17) is 4.74 Å². The van der Waals surface area contributed by atoms with Crippen LogP contribution in [0.2, 0.25) is 0 Å². The summed E-state index contributed by atoms with van der Waals surface area (Å²) < 4.78 is 8.62. The third kappa shape index (κ3) is 7.57. The topological polar surface area (TPSA) is 63.7 Å². The second-order valence-electron chi connectivity index (χ2n) is 16.3. The van der Waals surface area contributed by atoms with Crippen molar-refractivity contribution in [1.29, 1.82) is 0 Å². The van der Waals surface area contributed by atoms with Crippen LogP contribution >= 0.6 is 45.3 Å². The Morgan fingerprint density at radius 1 is 0.621 bits per heavy atom. The number of ketones is 1. The Labute approximate surface area is 358 Å². The van der Waals surface area contributed by atoms with Crippen molar-refractivity contribution in [2.24, 2.45) is 5.92 Å². The van der Waals surface area contributed by atoms with Crippen LogP contribution in [-0.2, 0) is 4.79 Å². The van der Waals surface area contributed by atoms with Gasteiger partial charge in [-0.25, -0.2) is 0 Å². The van der Waals surface area contributed by atoms with Crippen LogP contribution in [0.4, 0.5) is 0 Å². The first kappa shape index (κ1) is 40.9. The molecule has 0 bridgehead atoms. The maximum atomic E-state index is 15.1. The van der Waals surface area contributed by atoms with Gasteiger partial charge in [-0.15, -0.1) is 34.0 Å². The number of benzene rings is 2. The molecule has 1 unspecified atom stereocenters. The fourth-order valence-corrected chi connectivity index (χ4v) is 12.9. The van der Waals surface area contributed by atoms with Crippen molar-refractivity contribution in [2.75, 3.05) is 13.2 Å². The SMILES string of the molecule is CCCCCCCCC(C)CN1C(=O)c2c(C)ccc(-c3ccc(C4=c5c(c6sc(C)cc6c6cc(OCCCCCC)sc56)=C(c5ccc(C)s5)C4=O)s3)c2C1=O. The fourth-order valence-electron chi connectivity index (χ4n) is 8.75. The number of nitrogens with zero attached hydrogens (tertiary/aromatic N) is 1. The summed E-state index contributed by atoms with van der Waals surface area (Å²) >= 11 is 6.60. The van der Waals surface area contributed by atoms with Gasteiger partial charge in [-0.3, -0.25) is 19.3 Å². The van der Waals surface area contributed by atoms with Crippen molar-refractivity contribution in [3.05, 3.63) is 95.2 Å². The third-order valence-corrected chi connectivity index (χ3v) is 16.0. The number of unbranched alkanes of at least 4 members (excludes halogenated alkanes) is 8. The molecule has 1 atom stereocenters. The highest BCUT2D eigenvalue weighted by Crippen LogP contribution is 2.43. The number of carbonyl (C=O) groups is 3. The zero-order valence-corrected chi connectivity index (χ0v) is 37.9. The summed E-state index contributed by atoms with van der Waals surface area (Å²) in [5, 5.41) is 5.19. The van der Waals surface area contributed by atoms with Crippen LogP contribution < -0.4 is 15.2 Å². The Kier molecular flexibility index (Phi) is 12.2. The lowest BCUT2D eigenvalue weighted by molar-refractivity contribution is -0.108. The molecule has 0 saturated heterocycles. The van der Waals surface area contributed by atoms with Crippen molar-refractivity contribution in [3.8, 4) is 15.5 Å². The van der Waals surface area contributed by atoms with Gasteiger partial charge in [-0.2, -0.15) is 0 Å². The molecule has 0 N–H and O–H groups in total. The molecule has 58 heavy (non-hydrogen) atoms. The van der Waals surface area contributed by atoms with Crippen LogP contribution in [0.25, 0.3) is 41.8 Å². The molecule has 2 aliphatic rings. The molecule has 2 amide bonds. The van der Waals surface area contributed by atoms with E-state index < -0.39 is 0 Å². The molecular weight excluding hydrogens is 795 g/mol. The Bertz CT molecular complexity index is 2690. The van der Waals surface area contributed by atoms with Gasteiger partial charge in [0.2, 0.25) is 0 Å². The zero-order valence-electron chi connectivity index (χ0n) is 34.6. The predicted molar refractivity (Wildman–Crippen MR) is 247 cm³/mol. The van der Waals surface area contributed by atoms with Gasteiger partial charge in [0.25, 0.3) is 11.8 Å². The number of Topliss-reactive ketones (excluding diaryl/α,β-unsaturated/α-hetero) is 1. The number of hydrogen-bond donors (Lipinski definition) is 0. The molecule has 5 heterocycles. The average molecular weight is 848 g/mol.